The zero-order valence-electron chi connectivity index (χ0n) is 9.74. The molecule has 0 aromatic heterocycles. The molecule has 4 heteroatoms. The Morgan fingerprint density at radius 2 is 2.29 bits per heavy atom. The second kappa shape index (κ2) is 4.78. The van der Waals surface area contributed by atoms with Gasteiger partial charge in [-0.3, -0.25) is 5.32 Å². The Morgan fingerprint density at radius 1 is 1.59 bits per heavy atom. The van der Waals surface area contributed by atoms with Gasteiger partial charge in [0.1, 0.15) is 5.54 Å². The predicted octanol–water partition coefficient (Wildman–Crippen LogP) is 2.75. The Hall–Kier alpha value is -0.870. The molecule has 1 aromatic carbocycles. The van der Waals surface area contributed by atoms with Crippen LogP contribution >= 0.6 is 15.9 Å². The molecular formula is C13H16BrNO2. The van der Waals surface area contributed by atoms with Crippen LogP contribution in [0.5, 0.6) is 0 Å². The topological polar surface area (TPSA) is 49.3 Å². The molecule has 0 aliphatic heterocycles. The quantitative estimate of drug-likeness (QED) is 0.879. The minimum absolute atomic E-state index is 0.654. The average Bonchev–Trinajstić information content (AvgIpc) is 3.09. The lowest BCUT2D eigenvalue weighted by Crippen LogP contribution is -2.47. The third kappa shape index (κ3) is 2.87. The first-order valence-corrected chi connectivity index (χ1v) is 6.56. The lowest BCUT2D eigenvalue weighted by atomic mass is 9.92. The van der Waals surface area contributed by atoms with Gasteiger partial charge in [0.25, 0.3) is 0 Å². The molecule has 1 unspecified atom stereocenters. The summed E-state index contributed by atoms with van der Waals surface area (Å²) in [6.07, 6.45) is 2.42. The molecule has 92 valence electrons. The van der Waals surface area contributed by atoms with Crippen LogP contribution in [0.15, 0.2) is 28.7 Å². The number of carboxylic acid groups (broad SMARTS) is 1. The van der Waals surface area contributed by atoms with Crippen LogP contribution in [0.3, 0.4) is 0 Å². The van der Waals surface area contributed by atoms with E-state index >= 15 is 0 Å². The third-order valence-electron chi connectivity index (χ3n) is 3.27. The van der Waals surface area contributed by atoms with Crippen molar-refractivity contribution < 1.29 is 9.90 Å². The number of halogens is 1. The van der Waals surface area contributed by atoms with E-state index in [4.69, 9.17) is 0 Å². The molecule has 1 aliphatic carbocycles. The SMILES string of the molecule is CC(NCC1CC1)(C(=O)O)c1cccc(Br)c1. The third-order valence-corrected chi connectivity index (χ3v) is 3.76. The first kappa shape index (κ1) is 12.6. The minimum Gasteiger partial charge on any atom is -0.480 e. The number of nitrogens with one attached hydrogen (secondary N) is 1. The van der Waals surface area contributed by atoms with E-state index in [9.17, 15) is 9.90 Å². The Morgan fingerprint density at radius 3 is 2.82 bits per heavy atom. The number of benzene rings is 1. The van der Waals surface area contributed by atoms with Gasteiger partial charge in [0.2, 0.25) is 0 Å². The van der Waals surface area contributed by atoms with E-state index in [2.05, 4.69) is 21.2 Å². The highest BCUT2D eigenvalue weighted by Gasteiger charge is 2.36. The van der Waals surface area contributed by atoms with Crippen LogP contribution in [0.4, 0.5) is 0 Å². The van der Waals surface area contributed by atoms with Crippen LogP contribution in [0.1, 0.15) is 25.3 Å². The molecule has 1 atom stereocenters. The van der Waals surface area contributed by atoms with Crippen LogP contribution in [0.25, 0.3) is 0 Å². The van der Waals surface area contributed by atoms with E-state index in [1.807, 2.05) is 24.3 Å². The van der Waals surface area contributed by atoms with E-state index < -0.39 is 11.5 Å². The van der Waals surface area contributed by atoms with Crippen molar-refractivity contribution in [3.8, 4) is 0 Å². The molecule has 1 aliphatic rings. The zero-order chi connectivity index (χ0) is 12.5. The molecule has 0 amide bonds. The fourth-order valence-electron chi connectivity index (χ4n) is 1.77. The van der Waals surface area contributed by atoms with E-state index in [0.29, 0.717) is 5.92 Å². The van der Waals surface area contributed by atoms with Gasteiger partial charge in [-0.15, -0.1) is 0 Å². The number of aliphatic carboxylic acids is 1. The van der Waals surface area contributed by atoms with Gasteiger partial charge in [-0.05, 0) is 49.9 Å². The van der Waals surface area contributed by atoms with Crippen molar-refractivity contribution in [2.75, 3.05) is 6.54 Å². The number of carbonyl (C=O) groups is 1. The highest BCUT2D eigenvalue weighted by atomic mass is 79.9. The van der Waals surface area contributed by atoms with Crippen LogP contribution < -0.4 is 5.32 Å². The summed E-state index contributed by atoms with van der Waals surface area (Å²) in [6, 6.07) is 7.46. The fourth-order valence-corrected chi connectivity index (χ4v) is 2.17. The van der Waals surface area contributed by atoms with Crippen LogP contribution in [0.2, 0.25) is 0 Å². The van der Waals surface area contributed by atoms with Crippen LogP contribution in [-0.4, -0.2) is 17.6 Å². The van der Waals surface area contributed by atoms with Gasteiger partial charge in [-0.25, -0.2) is 4.79 Å². The Kier molecular flexibility index (Phi) is 3.54. The Bertz CT molecular complexity index is 431. The molecule has 1 aromatic rings. The second-order valence-electron chi connectivity index (χ2n) is 4.76. The summed E-state index contributed by atoms with van der Waals surface area (Å²) in [6.45, 7) is 2.49. The monoisotopic (exact) mass is 297 g/mol. The van der Waals surface area contributed by atoms with Gasteiger partial charge in [-0.2, -0.15) is 0 Å². The second-order valence-corrected chi connectivity index (χ2v) is 5.68. The number of hydrogen-bond donors (Lipinski definition) is 2. The highest BCUT2D eigenvalue weighted by Crippen LogP contribution is 2.30. The first-order chi connectivity index (χ1) is 8.02. The molecule has 0 heterocycles. The summed E-state index contributed by atoms with van der Waals surface area (Å²) >= 11 is 3.38. The maximum atomic E-state index is 11.5. The standard InChI is InChI=1S/C13H16BrNO2/c1-13(12(16)17,15-8-9-5-6-9)10-3-2-4-11(14)7-10/h2-4,7,9,15H,5-6,8H2,1H3,(H,16,17). The van der Waals surface area contributed by atoms with Gasteiger partial charge < -0.3 is 5.11 Å². The van der Waals surface area contributed by atoms with Crippen molar-refractivity contribution in [2.24, 2.45) is 5.92 Å². The average molecular weight is 298 g/mol. The van der Waals surface area contributed by atoms with Crippen LogP contribution in [-0.2, 0) is 10.3 Å². The van der Waals surface area contributed by atoms with Crippen molar-refractivity contribution in [3.63, 3.8) is 0 Å². The van der Waals surface area contributed by atoms with Crippen molar-refractivity contribution in [3.05, 3.63) is 34.3 Å². The first-order valence-electron chi connectivity index (χ1n) is 5.77. The molecule has 0 spiro atoms. The van der Waals surface area contributed by atoms with Gasteiger partial charge >= 0.3 is 5.97 Å². The summed E-state index contributed by atoms with van der Waals surface area (Å²) in [5.41, 5.74) is -0.230. The molecule has 2 N–H and O–H groups in total. The molecule has 0 bridgehead atoms. The maximum absolute atomic E-state index is 11.5. The molecule has 0 saturated heterocycles. The lowest BCUT2D eigenvalue weighted by molar-refractivity contribution is -0.144. The van der Waals surface area contributed by atoms with Gasteiger partial charge in [-0.1, -0.05) is 28.1 Å². The Labute approximate surface area is 109 Å². The van der Waals surface area contributed by atoms with Gasteiger partial charge in [0.05, 0.1) is 0 Å². The number of rotatable bonds is 5. The molecule has 2 rings (SSSR count). The van der Waals surface area contributed by atoms with E-state index in [1.54, 1.807) is 6.92 Å². The van der Waals surface area contributed by atoms with E-state index in [0.717, 1.165) is 16.6 Å². The summed E-state index contributed by atoms with van der Waals surface area (Å²) in [7, 11) is 0. The van der Waals surface area contributed by atoms with Crippen molar-refractivity contribution >= 4 is 21.9 Å². The summed E-state index contributed by atoms with van der Waals surface area (Å²) in [4.78, 5) is 11.5. The van der Waals surface area contributed by atoms with Crippen molar-refractivity contribution in [1.82, 2.24) is 5.32 Å². The van der Waals surface area contributed by atoms with Crippen molar-refractivity contribution in [1.29, 1.82) is 0 Å². The molecule has 1 fully saturated rings. The summed E-state index contributed by atoms with van der Waals surface area (Å²) < 4.78 is 0.899. The van der Waals surface area contributed by atoms with E-state index in [1.165, 1.54) is 12.8 Å². The lowest BCUT2D eigenvalue weighted by Gasteiger charge is -2.27. The highest BCUT2D eigenvalue weighted by molar-refractivity contribution is 9.10. The van der Waals surface area contributed by atoms with Crippen LogP contribution in [0, 0.1) is 5.92 Å². The fraction of sp³-hybridized carbons (Fsp3) is 0.462. The molecule has 3 nitrogen and oxygen atoms in total. The molecule has 1 saturated carbocycles. The van der Waals surface area contributed by atoms with E-state index in [-0.39, 0.29) is 0 Å². The van der Waals surface area contributed by atoms with Crippen molar-refractivity contribution in [2.45, 2.75) is 25.3 Å². The molecule has 0 radical (unpaired) electrons. The Balaban J connectivity index is 2.22. The predicted molar refractivity (Wildman–Crippen MR) is 69.9 cm³/mol. The van der Waals surface area contributed by atoms with Gasteiger partial charge in [0.15, 0.2) is 0 Å². The largest absolute Gasteiger partial charge is 0.480 e. The minimum atomic E-state index is -1.01. The zero-order valence-corrected chi connectivity index (χ0v) is 11.3. The summed E-state index contributed by atoms with van der Waals surface area (Å²) in [5, 5.41) is 12.6. The molecular weight excluding hydrogens is 282 g/mol. The normalized spacial score (nSPS) is 18.7. The smallest absolute Gasteiger partial charge is 0.328 e. The molecule has 17 heavy (non-hydrogen) atoms. The number of carboxylic acids is 1. The van der Waals surface area contributed by atoms with Gasteiger partial charge in [0, 0.05) is 4.47 Å². The number of hydrogen-bond acceptors (Lipinski definition) is 2. The summed E-state index contributed by atoms with van der Waals surface area (Å²) in [5.74, 6) is -0.183. The maximum Gasteiger partial charge on any atom is 0.328 e.